The highest BCUT2D eigenvalue weighted by atomic mass is 32.1. The number of hydrogen-bond acceptors (Lipinski definition) is 8. The molecule has 0 bridgehead atoms. The number of aliphatic hydroxyl groups excluding tert-OH is 1. The molecule has 1 aliphatic heterocycles. The molecule has 4 N–H and O–H groups in total. The standard InChI is InChI=1S/C27H36F5N5O3S/c1-15-8-5-7-11-37(15)24(39)20-21(41-23(36-20)22(38)34-14-25(2,3)40)16-13-33-19(12-17(16)27(30,31)32)35-18-9-4-6-10-26(18,28)29/h12-13,15,18,24,39-40H,4-11,14H2,1-3H3,(H,33,35)(H,34,38)/t15-,18+,24?/m0/s1. The van der Waals surface area contributed by atoms with Crippen molar-refractivity contribution in [3.8, 4) is 10.4 Å². The Kier molecular flexibility index (Phi) is 9.27. The summed E-state index contributed by atoms with van der Waals surface area (Å²) in [5, 5.41) is 26.1. The Morgan fingerprint density at radius 3 is 2.56 bits per heavy atom. The smallest absolute Gasteiger partial charge is 0.389 e. The van der Waals surface area contributed by atoms with Crippen molar-refractivity contribution in [1.82, 2.24) is 20.2 Å². The first-order chi connectivity index (χ1) is 19.1. The summed E-state index contributed by atoms with van der Waals surface area (Å²) in [6.07, 6.45) is -2.29. The van der Waals surface area contributed by atoms with E-state index in [1.807, 2.05) is 6.92 Å². The predicted molar refractivity (Wildman–Crippen MR) is 145 cm³/mol. The van der Waals surface area contributed by atoms with Crippen LogP contribution in [0.2, 0.25) is 0 Å². The number of hydrogen-bond donors (Lipinski definition) is 4. The molecule has 2 aromatic rings. The van der Waals surface area contributed by atoms with Crippen LogP contribution in [0.25, 0.3) is 10.4 Å². The van der Waals surface area contributed by atoms with Crippen LogP contribution >= 0.6 is 11.3 Å². The van der Waals surface area contributed by atoms with Crippen molar-refractivity contribution >= 4 is 23.1 Å². The molecule has 2 fully saturated rings. The Hall–Kier alpha value is -2.42. The van der Waals surface area contributed by atoms with Gasteiger partial charge in [-0.05, 0) is 52.5 Å². The number of nitrogens with one attached hydrogen (secondary N) is 2. The molecule has 0 aromatic carbocycles. The number of amides is 1. The molecule has 3 heterocycles. The lowest BCUT2D eigenvalue weighted by atomic mass is 9.91. The molecule has 14 heteroatoms. The molecule has 1 saturated heterocycles. The first-order valence-corrected chi connectivity index (χ1v) is 14.6. The van der Waals surface area contributed by atoms with Gasteiger partial charge in [0, 0.05) is 37.3 Å². The second-order valence-electron chi connectivity index (χ2n) is 11.5. The summed E-state index contributed by atoms with van der Waals surface area (Å²) in [6, 6.07) is -0.735. The summed E-state index contributed by atoms with van der Waals surface area (Å²) < 4.78 is 72.0. The molecule has 4 rings (SSSR count). The van der Waals surface area contributed by atoms with Crippen molar-refractivity contribution in [2.45, 2.75) is 102 Å². The topological polar surface area (TPSA) is 111 Å². The lowest BCUT2D eigenvalue weighted by Crippen LogP contribution is -2.42. The van der Waals surface area contributed by atoms with E-state index in [-0.39, 0.29) is 46.8 Å². The molecule has 2 aliphatic rings. The zero-order chi connectivity index (χ0) is 30.2. The van der Waals surface area contributed by atoms with Crippen LogP contribution in [0.1, 0.15) is 93.0 Å². The van der Waals surface area contributed by atoms with Crippen LogP contribution in [0.3, 0.4) is 0 Å². The van der Waals surface area contributed by atoms with Crippen LogP contribution in [0.15, 0.2) is 12.3 Å². The SMILES string of the molecule is C[C@H]1CCCCN1C(O)c1nc(C(=O)NCC(C)(C)O)sc1-c1cnc(N[C@@H]2CCCCC2(F)F)cc1C(F)(F)F. The fourth-order valence-electron chi connectivity index (χ4n) is 5.21. The normalized spacial score (nSPS) is 22.8. The molecule has 0 spiro atoms. The Morgan fingerprint density at radius 1 is 1.22 bits per heavy atom. The van der Waals surface area contributed by atoms with E-state index < -0.39 is 47.0 Å². The fourth-order valence-corrected chi connectivity index (χ4v) is 6.24. The third-order valence-corrected chi connectivity index (χ3v) is 8.58. The highest BCUT2D eigenvalue weighted by Crippen LogP contribution is 2.44. The van der Waals surface area contributed by atoms with Gasteiger partial charge in [-0.1, -0.05) is 12.8 Å². The number of rotatable bonds is 8. The van der Waals surface area contributed by atoms with Crippen molar-refractivity contribution in [3.63, 3.8) is 0 Å². The Labute approximate surface area is 239 Å². The van der Waals surface area contributed by atoms with Crippen LogP contribution in [0, 0.1) is 0 Å². The van der Waals surface area contributed by atoms with Crippen molar-refractivity contribution in [3.05, 3.63) is 28.5 Å². The molecule has 2 aromatic heterocycles. The summed E-state index contributed by atoms with van der Waals surface area (Å²) in [7, 11) is 0. The van der Waals surface area contributed by atoms with E-state index in [9.17, 15) is 37.0 Å². The Balaban J connectivity index is 1.77. The lowest BCUT2D eigenvalue weighted by molar-refractivity contribution is -0.137. The molecule has 41 heavy (non-hydrogen) atoms. The molecular formula is C27H36F5N5O3S. The quantitative estimate of drug-likeness (QED) is 0.291. The van der Waals surface area contributed by atoms with Crippen LogP contribution in [0.4, 0.5) is 27.8 Å². The summed E-state index contributed by atoms with van der Waals surface area (Å²) >= 11 is 0.665. The van der Waals surface area contributed by atoms with Gasteiger partial charge in [-0.25, -0.2) is 18.7 Å². The molecule has 1 unspecified atom stereocenters. The summed E-state index contributed by atoms with van der Waals surface area (Å²) in [6.45, 7) is 5.21. The predicted octanol–water partition coefficient (Wildman–Crippen LogP) is 5.58. The van der Waals surface area contributed by atoms with Crippen molar-refractivity contribution in [2.75, 3.05) is 18.4 Å². The number of likely N-dealkylation sites (tertiary alicyclic amines) is 1. The van der Waals surface area contributed by atoms with E-state index in [1.165, 1.54) is 13.8 Å². The summed E-state index contributed by atoms with van der Waals surface area (Å²) in [4.78, 5) is 22.8. The van der Waals surface area contributed by atoms with Gasteiger partial charge in [0.2, 0.25) is 0 Å². The second kappa shape index (κ2) is 12.1. The van der Waals surface area contributed by atoms with E-state index in [0.29, 0.717) is 36.8 Å². The third kappa shape index (κ3) is 7.51. The van der Waals surface area contributed by atoms with Gasteiger partial charge in [-0.2, -0.15) is 13.2 Å². The highest BCUT2D eigenvalue weighted by Gasteiger charge is 2.43. The van der Waals surface area contributed by atoms with E-state index in [0.717, 1.165) is 25.5 Å². The maximum Gasteiger partial charge on any atom is 0.417 e. The van der Waals surface area contributed by atoms with Gasteiger partial charge < -0.3 is 20.8 Å². The van der Waals surface area contributed by atoms with Gasteiger partial charge in [-0.3, -0.25) is 9.69 Å². The number of alkyl halides is 5. The number of aliphatic hydroxyl groups is 2. The number of nitrogens with zero attached hydrogens (tertiary/aromatic N) is 3. The number of carbonyl (C=O) groups excluding carboxylic acids is 1. The van der Waals surface area contributed by atoms with Crippen LogP contribution in [-0.2, 0) is 6.18 Å². The van der Waals surface area contributed by atoms with Gasteiger partial charge in [0.25, 0.3) is 11.8 Å². The van der Waals surface area contributed by atoms with Crippen molar-refractivity contribution in [2.24, 2.45) is 0 Å². The summed E-state index contributed by atoms with van der Waals surface area (Å²) in [5.74, 6) is -4.14. The molecule has 0 radical (unpaired) electrons. The molecule has 1 aliphatic carbocycles. The minimum Gasteiger partial charge on any atom is -0.389 e. The molecule has 1 amide bonds. The largest absolute Gasteiger partial charge is 0.417 e. The maximum atomic E-state index is 14.4. The molecular weight excluding hydrogens is 569 g/mol. The number of anilines is 1. The highest BCUT2D eigenvalue weighted by molar-refractivity contribution is 7.17. The monoisotopic (exact) mass is 605 g/mol. The number of pyridine rings is 1. The van der Waals surface area contributed by atoms with Gasteiger partial charge >= 0.3 is 6.18 Å². The number of halogens is 5. The van der Waals surface area contributed by atoms with Crippen molar-refractivity contribution in [1.29, 1.82) is 0 Å². The first-order valence-electron chi connectivity index (χ1n) is 13.7. The van der Waals surface area contributed by atoms with E-state index >= 15 is 0 Å². The maximum absolute atomic E-state index is 14.4. The molecule has 1 saturated carbocycles. The lowest BCUT2D eigenvalue weighted by Gasteiger charge is -2.36. The number of aromatic nitrogens is 2. The second-order valence-corrected chi connectivity index (χ2v) is 12.5. The third-order valence-electron chi connectivity index (χ3n) is 7.48. The number of piperidine rings is 1. The Morgan fingerprint density at radius 2 is 1.93 bits per heavy atom. The first kappa shape index (κ1) is 31.5. The van der Waals surface area contributed by atoms with Crippen LogP contribution in [0.5, 0.6) is 0 Å². The van der Waals surface area contributed by atoms with Gasteiger partial charge in [-0.15, -0.1) is 11.3 Å². The average Bonchev–Trinajstić information content (AvgIpc) is 3.33. The number of carbonyl (C=O) groups is 1. The van der Waals surface area contributed by atoms with E-state index in [2.05, 4.69) is 20.6 Å². The minimum absolute atomic E-state index is 0.0790. The zero-order valence-electron chi connectivity index (χ0n) is 23.2. The van der Waals surface area contributed by atoms with Gasteiger partial charge in [0.05, 0.1) is 22.1 Å². The molecule has 8 nitrogen and oxygen atoms in total. The molecule has 3 atom stereocenters. The van der Waals surface area contributed by atoms with Crippen LogP contribution < -0.4 is 10.6 Å². The van der Waals surface area contributed by atoms with E-state index in [4.69, 9.17) is 0 Å². The zero-order valence-corrected chi connectivity index (χ0v) is 24.0. The fraction of sp³-hybridized carbons (Fsp3) is 0.667. The number of thiazole rings is 1. The van der Waals surface area contributed by atoms with E-state index in [1.54, 1.807) is 4.90 Å². The average molecular weight is 606 g/mol. The van der Waals surface area contributed by atoms with Crippen LogP contribution in [-0.4, -0.2) is 67.7 Å². The van der Waals surface area contributed by atoms with Gasteiger partial charge in [0.1, 0.15) is 11.5 Å². The summed E-state index contributed by atoms with van der Waals surface area (Å²) in [5.41, 5.74) is -2.94. The van der Waals surface area contributed by atoms with Gasteiger partial charge in [0.15, 0.2) is 11.2 Å². The minimum atomic E-state index is -4.91. The molecule has 228 valence electrons. The van der Waals surface area contributed by atoms with Crippen molar-refractivity contribution < 1.29 is 37.0 Å². The Bertz CT molecular complexity index is 1230.